The summed E-state index contributed by atoms with van der Waals surface area (Å²) in [5, 5.41) is 4.22. The first kappa shape index (κ1) is 11.4. The second-order valence-corrected chi connectivity index (χ2v) is 3.70. The van der Waals surface area contributed by atoms with Gasteiger partial charge in [0.2, 0.25) is 0 Å². The minimum absolute atomic E-state index is 0.598. The predicted octanol–water partition coefficient (Wildman–Crippen LogP) is 2.05. The van der Waals surface area contributed by atoms with Crippen molar-refractivity contribution in [1.29, 1.82) is 0 Å². The van der Waals surface area contributed by atoms with Crippen LogP contribution in [0.1, 0.15) is 11.3 Å². The average molecular weight is 229 g/mol. The van der Waals surface area contributed by atoms with E-state index in [1.807, 2.05) is 43.6 Å². The first-order valence-electron chi connectivity index (χ1n) is 5.41. The van der Waals surface area contributed by atoms with Crippen molar-refractivity contribution in [2.45, 2.75) is 6.54 Å². The first-order valence-corrected chi connectivity index (χ1v) is 5.41. The maximum atomic E-state index is 5.26. The Morgan fingerprint density at radius 2 is 2.18 bits per heavy atom. The van der Waals surface area contributed by atoms with Gasteiger partial charge < -0.3 is 4.74 Å². The van der Waals surface area contributed by atoms with Gasteiger partial charge in [-0.2, -0.15) is 5.10 Å². The summed E-state index contributed by atoms with van der Waals surface area (Å²) >= 11 is 0. The third kappa shape index (κ3) is 2.93. The van der Waals surface area contributed by atoms with Crippen LogP contribution in [0.2, 0.25) is 0 Å². The zero-order chi connectivity index (χ0) is 12.1. The number of hydrogen-bond acceptors (Lipinski definition) is 3. The summed E-state index contributed by atoms with van der Waals surface area (Å²) in [5.74, 6) is 0.866. The second kappa shape index (κ2) is 5.30. The normalized spacial score (nSPS) is 10.9. The molecule has 2 rings (SSSR count). The lowest BCUT2D eigenvalue weighted by Crippen LogP contribution is -1.92. The van der Waals surface area contributed by atoms with E-state index in [9.17, 15) is 0 Å². The molecule has 0 saturated carbocycles. The van der Waals surface area contributed by atoms with Crippen molar-refractivity contribution >= 4 is 6.21 Å². The number of ether oxygens (including phenoxy) is 1. The molecule has 0 radical (unpaired) electrons. The van der Waals surface area contributed by atoms with Crippen molar-refractivity contribution in [3.63, 3.8) is 0 Å². The fourth-order valence-corrected chi connectivity index (χ4v) is 1.57. The maximum Gasteiger partial charge on any atom is 0.123 e. The Morgan fingerprint density at radius 3 is 2.88 bits per heavy atom. The molecule has 88 valence electrons. The topological polar surface area (TPSA) is 39.4 Å². The lowest BCUT2D eigenvalue weighted by Gasteiger charge is -2.04. The molecule has 4 nitrogen and oxygen atoms in total. The SMILES string of the molecule is COc1ccccc1C/N=C\c1ccn(C)n1. The highest BCUT2D eigenvalue weighted by Crippen LogP contribution is 2.17. The molecule has 0 aliphatic heterocycles. The van der Waals surface area contributed by atoms with Gasteiger partial charge in [0, 0.05) is 25.0 Å². The summed E-state index contributed by atoms with van der Waals surface area (Å²) in [6.45, 7) is 0.598. The maximum absolute atomic E-state index is 5.26. The Morgan fingerprint density at radius 1 is 1.35 bits per heavy atom. The third-order valence-electron chi connectivity index (χ3n) is 2.41. The Kier molecular flexibility index (Phi) is 3.55. The highest BCUT2D eigenvalue weighted by atomic mass is 16.5. The molecule has 17 heavy (non-hydrogen) atoms. The lowest BCUT2D eigenvalue weighted by molar-refractivity contribution is 0.410. The molecule has 1 aromatic heterocycles. The predicted molar refractivity (Wildman–Crippen MR) is 67.5 cm³/mol. The Labute approximate surface area is 101 Å². The number of aryl methyl sites for hydroxylation is 1. The molecule has 2 aromatic rings. The molecule has 1 heterocycles. The first-order chi connectivity index (χ1) is 8.29. The van der Waals surface area contributed by atoms with Gasteiger partial charge in [-0.1, -0.05) is 18.2 Å². The van der Waals surface area contributed by atoms with E-state index >= 15 is 0 Å². The van der Waals surface area contributed by atoms with Crippen LogP contribution < -0.4 is 4.74 Å². The van der Waals surface area contributed by atoms with Gasteiger partial charge in [-0.3, -0.25) is 9.67 Å². The summed E-state index contributed by atoms with van der Waals surface area (Å²) in [6, 6.07) is 9.80. The standard InChI is InChI=1S/C13H15N3O/c1-16-8-7-12(15-16)10-14-9-11-5-3-4-6-13(11)17-2/h3-8,10H,9H2,1-2H3/b14-10-. The Bertz CT molecular complexity index is 517. The molecule has 0 bridgehead atoms. The van der Waals surface area contributed by atoms with Gasteiger partial charge in [-0.15, -0.1) is 0 Å². The van der Waals surface area contributed by atoms with Crippen LogP contribution in [0.5, 0.6) is 5.75 Å². The van der Waals surface area contributed by atoms with Gasteiger partial charge in [0.05, 0.1) is 13.7 Å². The zero-order valence-electron chi connectivity index (χ0n) is 10.00. The molecule has 0 unspecified atom stereocenters. The summed E-state index contributed by atoms with van der Waals surface area (Å²) in [7, 11) is 3.55. The van der Waals surface area contributed by atoms with Gasteiger partial charge in [-0.05, 0) is 12.1 Å². The second-order valence-electron chi connectivity index (χ2n) is 3.70. The fourth-order valence-electron chi connectivity index (χ4n) is 1.57. The van der Waals surface area contributed by atoms with Crippen molar-refractivity contribution in [2.75, 3.05) is 7.11 Å². The van der Waals surface area contributed by atoms with E-state index in [-0.39, 0.29) is 0 Å². The minimum atomic E-state index is 0.598. The number of para-hydroxylation sites is 1. The van der Waals surface area contributed by atoms with Crippen molar-refractivity contribution in [3.05, 3.63) is 47.8 Å². The molecular weight excluding hydrogens is 214 g/mol. The minimum Gasteiger partial charge on any atom is -0.496 e. The fraction of sp³-hybridized carbons (Fsp3) is 0.231. The van der Waals surface area contributed by atoms with Crippen LogP contribution in [0.15, 0.2) is 41.5 Å². The van der Waals surface area contributed by atoms with Crippen LogP contribution in [0.4, 0.5) is 0 Å². The largest absolute Gasteiger partial charge is 0.496 e. The monoisotopic (exact) mass is 229 g/mol. The highest BCUT2D eigenvalue weighted by molar-refractivity contribution is 5.76. The molecule has 0 fully saturated rings. The molecule has 4 heteroatoms. The van der Waals surface area contributed by atoms with E-state index in [0.717, 1.165) is 17.0 Å². The van der Waals surface area contributed by atoms with E-state index in [1.54, 1.807) is 18.0 Å². The summed E-state index contributed by atoms with van der Waals surface area (Å²) < 4.78 is 7.01. The van der Waals surface area contributed by atoms with E-state index < -0.39 is 0 Å². The Hall–Kier alpha value is -2.10. The van der Waals surface area contributed by atoms with Crippen molar-refractivity contribution < 1.29 is 4.74 Å². The summed E-state index contributed by atoms with van der Waals surface area (Å²) in [6.07, 6.45) is 3.66. The molecule has 0 spiro atoms. The van der Waals surface area contributed by atoms with E-state index in [4.69, 9.17) is 4.74 Å². The number of benzene rings is 1. The number of rotatable bonds is 4. The van der Waals surface area contributed by atoms with Gasteiger partial charge in [0.15, 0.2) is 0 Å². The number of aliphatic imine (C=N–C) groups is 1. The average Bonchev–Trinajstić information content (AvgIpc) is 2.76. The number of methoxy groups -OCH3 is 1. The molecule has 0 aliphatic rings. The van der Waals surface area contributed by atoms with Crippen LogP contribution in [-0.2, 0) is 13.6 Å². The van der Waals surface area contributed by atoms with E-state index in [2.05, 4.69) is 10.1 Å². The van der Waals surface area contributed by atoms with Gasteiger partial charge in [0.1, 0.15) is 11.4 Å². The van der Waals surface area contributed by atoms with Crippen molar-refractivity contribution in [2.24, 2.45) is 12.0 Å². The van der Waals surface area contributed by atoms with Crippen LogP contribution in [0.25, 0.3) is 0 Å². The van der Waals surface area contributed by atoms with Crippen LogP contribution in [-0.4, -0.2) is 23.1 Å². The van der Waals surface area contributed by atoms with Gasteiger partial charge in [0.25, 0.3) is 0 Å². The van der Waals surface area contributed by atoms with Crippen LogP contribution >= 0.6 is 0 Å². The molecular formula is C13H15N3O. The zero-order valence-corrected chi connectivity index (χ0v) is 10.00. The molecule has 0 amide bonds. The number of hydrogen-bond donors (Lipinski definition) is 0. The van der Waals surface area contributed by atoms with Crippen molar-refractivity contribution in [1.82, 2.24) is 9.78 Å². The molecule has 1 aromatic carbocycles. The van der Waals surface area contributed by atoms with Crippen LogP contribution in [0, 0.1) is 0 Å². The molecule has 0 atom stereocenters. The van der Waals surface area contributed by atoms with Gasteiger partial charge >= 0.3 is 0 Å². The van der Waals surface area contributed by atoms with Gasteiger partial charge in [-0.25, -0.2) is 0 Å². The Balaban J connectivity index is 2.04. The summed E-state index contributed by atoms with van der Waals surface area (Å²) in [4.78, 5) is 4.35. The smallest absolute Gasteiger partial charge is 0.123 e. The third-order valence-corrected chi connectivity index (χ3v) is 2.41. The quantitative estimate of drug-likeness (QED) is 0.753. The van der Waals surface area contributed by atoms with Crippen molar-refractivity contribution in [3.8, 4) is 5.75 Å². The molecule has 0 N–H and O–H groups in total. The molecule has 0 saturated heterocycles. The highest BCUT2D eigenvalue weighted by Gasteiger charge is 1.99. The van der Waals surface area contributed by atoms with E-state index in [1.165, 1.54) is 0 Å². The number of aromatic nitrogens is 2. The van der Waals surface area contributed by atoms with E-state index in [0.29, 0.717) is 6.54 Å². The summed E-state index contributed by atoms with van der Waals surface area (Å²) in [5.41, 5.74) is 1.93. The van der Waals surface area contributed by atoms with Crippen LogP contribution in [0.3, 0.4) is 0 Å². The number of nitrogens with zero attached hydrogens (tertiary/aromatic N) is 3. The molecule has 0 aliphatic carbocycles. The lowest BCUT2D eigenvalue weighted by atomic mass is 10.2.